The number of hydrogen-bond donors (Lipinski definition) is 1. The predicted octanol–water partition coefficient (Wildman–Crippen LogP) is 4.81. The Hall–Kier alpha value is -4.24. The van der Waals surface area contributed by atoms with Crippen molar-refractivity contribution in [3.05, 3.63) is 78.4 Å². The van der Waals surface area contributed by atoms with Gasteiger partial charge in [0.25, 0.3) is 0 Å². The minimum absolute atomic E-state index is 0.0118. The van der Waals surface area contributed by atoms with Crippen LogP contribution in [0.25, 0.3) is 33.5 Å². The number of methoxy groups -OCH3 is 2. The lowest BCUT2D eigenvalue weighted by Crippen LogP contribution is -2.13. The fourth-order valence-corrected chi connectivity index (χ4v) is 5.08. The molecule has 0 saturated heterocycles. The second-order valence-electron chi connectivity index (χ2n) is 8.12. The second-order valence-corrected chi connectivity index (χ2v) is 9.06. The van der Waals surface area contributed by atoms with E-state index in [0.717, 1.165) is 22.2 Å². The van der Waals surface area contributed by atoms with E-state index in [4.69, 9.17) is 15.3 Å². The number of carbonyl (C=O) groups is 1. The van der Waals surface area contributed by atoms with Gasteiger partial charge in [-0.3, -0.25) is 4.79 Å². The topological polar surface area (TPSA) is 97.2 Å². The molecule has 0 amide bonds. The molecule has 2 heterocycles. The Morgan fingerprint density at radius 1 is 0.972 bits per heavy atom. The predicted molar refractivity (Wildman–Crippen MR) is 142 cm³/mol. The van der Waals surface area contributed by atoms with Crippen LogP contribution in [0.2, 0.25) is 0 Å². The lowest BCUT2D eigenvalue weighted by molar-refractivity contribution is 0.102. The number of rotatable bonds is 8. The van der Waals surface area contributed by atoms with Gasteiger partial charge in [0.1, 0.15) is 11.5 Å². The molecule has 0 bridgehead atoms. The molecule has 182 valence electrons. The molecule has 5 rings (SSSR count). The van der Waals surface area contributed by atoms with E-state index in [0.29, 0.717) is 33.6 Å². The van der Waals surface area contributed by atoms with E-state index in [2.05, 4.69) is 14.8 Å². The monoisotopic (exact) mass is 499 g/mol. The molecule has 8 nitrogen and oxygen atoms in total. The Labute approximate surface area is 212 Å². The van der Waals surface area contributed by atoms with Crippen LogP contribution in [0, 0.1) is 0 Å². The number of thioether (sulfide) groups is 1. The first-order valence-electron chi connectivity index (χ1n) is 11.2. The number of ether oxygens (including phenoxy) is 2. The van der Waals surface area contributed by atoms with Crippen molar-refractivity contribution in [1.29, 1.82) is 0 Å². The highest BCUT2D eigenvalue weighted by molar-refractivity contribution is 7.99. The number of aryl methyl sites for hydroxylation is 1. The molecule has 5 aromatic rings. The van der Waals surface area contributed by atoms with Crippen molar-refractivity contribution in [2.24, 2.45) is 7.05 Å². The third-order valence-corrected chi connectivity index (χ3v) is 7.02. The summed E-state index contributed by atoms with van der Waals surface area (Å²) in [5, 5.41) is 9.83. The van der Waals surface area contributed by atoms with Crippen molar-refractivity contribution in [3.63, 3.8) is 0 Å². The minimum atomic E-state index is -0.0118. The molecule has 0 aliphatic rings. The molecule has 3 aromatic carbocycles. The summed E-state index contributed by atoms with van der Waals surface area (Å²) in [7, 11) is 5.14. The SMILES string of the molecule is COc1ccc(-c2nnc(SCC(=O)c3c(-c4ccccc4)n(C)c4ccccc34)n2N)c(OC)c1. The van der Waals surface area contributed by atoms with Gasteiger partial charge in [0, 0.05) is 24.0 Å². The van der Waals surface area contributed by atoms with Gasteiger partial charge in [0.15, 0.2) is 11.6 Å². The van der Waals surface area contributed by atoms with Crippen LogP contribution in [0.3, 0.4) is 0 Å². The maximum absolute atomic E-state index is 13.6. The number of carbonyl (C=O) groups excluding carboxylic acids is 1. The van der Waals surface area contributed by atoms with Gasteiger partial charge in [-0.2, -0.15) is 0 Å². The van der Waals surface area contributed by atoms with Crippen LogP contribution in [0.1, 0.15) is 10.4 Å². The number of nitrogens with two attached hydrogens (primary N) is 1. The van der Waals surface area contributed by atoms with Crippen LogP contribution < -0.4 is 15.3 Å². The highest BCUT2D eigenvalue weighted by Gasteiger charge is 2.23. The molecule has 2 N–H and O–H groups in total. The molecule has 0 aliphatic heterocycles. The molecular weight excluding hydrogens is 474 g/mol. The number of hydrogen-bond acceptors (Lipinski definition) is 7. The number of para-hydroxylation sites is 1. The Morgan fingerprint density at radius 2 is 1.72 bits per heavy atom. The van der Waals surface area contributed by atoms with E-state index in [-0.39, 0.29) is 11.5 Å². The molecule has 0 unspecified atom stereocenters. The van der Waals surface area contributed by atoms with E-state index in [1.807, 2.05) is 67.7 Å². The van der Waals surface area contributed by atoms with Crippen LogP contribution in [0.15, 0.2) is 78.0 Å². The van der Waals surface area contributed by atoms with Crippen LogP contribution in [-0.4, -0.2) is 45.2 Å². The first kappa shape index (κ1) is 23.5. The van der Waals surface area contributed by atoms with Gasteiger partial charge >= 0.3 is 0 Å². The average molecular weight is 500 g/mol. The first-order valence-corrected chi connectivity index (χ1v) is 12.2. The summed E-state index contributed by atoms with van der Waals surface area (Å²) in [6.45, 7) is 0. The summed E-state index contributed by atoms with van der Waals surface area (Å²) in [6, 6.07) is 23.3. The Kier molecular flexibility index (Phi) is 6.39. The summed E-state index contributed by atoms with van der Waals surface area (Å²) in [6.07, 6.45) is 0. The van der Waals surface area contributed by atoms with E-state index >= 15 is 0 Å². The fraction of sp³-hybridized carbons (Fsp3) is 0.148. The van der Waals surface area contributed by atoms with Gasteiger partial charge in [-0.25, -0.2) is 4.68 Å². The zero-order chi connectivity index (χ0) is 25.2. The number of fused-ring (bicyclic) bond motifs is 1. The number of Topliss-reactive ketones (excluding diaryl/α,β-unsaturated/α-hetero) is 1. The summed E-state index contributed by atoms with van der Waals surface area (Å²) in [4.78, 5) is 13.6. The van der Waals surface area contributed by atoms with Gasteiger partial charge in [0.2, 0.25) is 5.16 Å². The third-order valence-electron chi connectivity index (χ3n) is 6.08. The average Bonchev–Trinajstić information content (AvgIpc) is 3.44. The zero-order valence-corrected chi connectivity index (χ0v) is 21.0. The molecule has 0 fully saturated rings. The first-order chi connectivity index (χ1) is 17.5. The number of aromatic nitrogens is 4. The molecule has 9 heteroatoms. The maximum Gasteiger partial charge on any atom is 0.210 e. The Balaban J connectivity index is 1.46. The van der Waals surface area contributed by atoms with E-state index in [9.17, 15) is 4.79 Å². The van der Waals surface area contributed by atoms with E-state index in [1.54, 1.807) is 26.4 Å². The standard InChI is InChI=1S/C27H25N5O3S/c1-31-21-12-8-7-11-19(21)24(25(31)17-9-5-4-6-10-17)22(33)16-36-27-30-29-26(32(27)28)20-14-13-18(34-2)15-23(20)35-3/h4-15H,16,28H2,1-3H3. The second kappa shape index (κ2) is 9.79. The Morgan fingerprint density at radius 3 is 2.47 bits per heavy atom. The van der Waals surface area contributed by atoms with Crippen molar-refractivity contribution >= 4 is 28.4 Å². The van der Waals surface area contributed by atoms with Crippen molar-refractivity contribution in [3.8, 4) is 34.1 Å². The van der Waals surface area contributed by atoms with Gasteiger partial charge in [-0.15, -0.1) is 10.2 Å². The van der Waals surface area contributed by atoms with Gasteiger partial charge < -0.3 is 19.9 Å². The van der Waals surface area contributed by atoms with Crippen LogP contribution >= 0.6 is 11.8 Å². The van der Waals surface area contributed by atoms with Gasteiger partial charge in [0.05, 0.1) is 36.8 Å². The molecule has 0 aliphatic carbocycles. The largest absolute Gasteiger partial charge is 0.497 e. The molecule has 36 heavy (non-hydrogen) atoms. The third kappa shape index (κ3) is 4.07. The number of nitrogen functional groups attached to an aromatic ring is 1. The number of nitrogens with zero attached hydrogens (tertiary/aromatic N) is 4. The molecule has 0 spiro atoms. The van der Waals surface area contributed by atoms with Crippen LogP contribution in [-0.2, 0) is 7.05 Å². The molecular formula is C27H25N5O3S. The molecule has 0 atom stereocenters. The van der Waals surface area contributed by atoms with Crippen molar-refractivity contribution < 1.29 is 14.3 Å². The Bertz CT molecular complexity index is 1560. The quantitative estimate of drug-likeness (QED) is 0.186. The maximum atomic E-state index is 13.6. The number of ketones is 1. The number of benzene rings is 3. The van der Waals surface area contributed by atoms with E-state index in [1.165, 1.54) is 16.4 Å². The summed E-state index contributed by atoms with van der Waals surface area (Å²) in [5.41, 5.74) is 4.24. The van der Waals surface area contributed by atoms with Crippen LogP contribution in [0.4, 0.5) is 0 Å². The van der Waals surface area contributed by atoms with E-state index < -0.39 is 0 Å². The lowest BCUT2D eigenvalue weighted by atomic mass is 10.0. The lowest BCUT2D eigenvalue weighted by Gasteiger charge is -2.10. The van der Waals surface area contributed by atoms with Gasteiger partial charge in [-0.05, 0) is 23.8 Å². The van der Waals surface area contributed by atoms with Crippen molar-refractivity contribution in [1.82, 2.24) is 19.4 Å². The summed E-state index contributed by atoms with van der Waals surface area (Å²) in [5.74, 6) is 8.13. The molecule has 0 radical (unpaired) electrons. The van der Waals surface area contributed by atoms with Gasteiger partial charge in [-0.1, -0.05) is 60.3 Å². The normalized spacial score (nSPS) is 11.1. The smallest absolute Gasteiger partial charge is 0.210 e. The summed E-state index contributed by atoms with van der Waals surface area (Å²) >= 11 is 1.25. The molecule has 0 saturated carbocycles. The minimum Gasteiger partial charge on any atom is -0.497 e. The van der Waals surface area contributed by atoms with Crippen LogP contribution in [0.5, 0.6) is 11.5 Å². The zero-order valence-electron chi connectivity index (χ0n) is 20.1. The molecule has 2 aromatic heterocycles. The fourth-order valence-electron chi connectivity index (χ4n) is 4.35. The highest BCUT2D eigenvalue weighted by atomic mass is 32.2. The summed E-state index contributed by atoms with van der Waals surface area (Å²) < 4.78 is 14.2. The van der Waals surface area contributed by atoms with Crippen molar-refractivity contribution in [2.75, 3.05) is 25.8 Å². The highest BCUT2D eigenvalue weighted by Crippen LogP contribution is 2.35. The van der Waals surface area contributed by atoms with Crippen molar-refractivity contribution in [2.45, 2.75) is 5.16 Å².